The summed E-state index contributed by atoms with van der Waals surface area (Å²) in [5, 5.41) is 22.4. The molecule has 0 saturated carbocycles. The number of carboxylic acids is 1. The van der Waals surface area contributed by atoms with E-state index in [-0.39, 0.29) is 5.75 Å². The Morgan fingerprint density at radius 3 is 2.24 bits per heavy atom. The number of hydrogen-bond acceptors (Lipinski definition) is 7. The first-order valence-corrected chi connectivity index (χ1v) is 8.19. The molecule has 3 unspecified atom stereocenters. The van der Waals surface area contributed by atoms with Gasteiger partial charge in [0.1, 0.15) is 18.1 Å². The standard InChI is InChI=1S/C11H21N3O5S2/c1-21-3-2-7(13-9(16)6(12)4-15)10(17)14-8(5-20)11(18)19/h6-8,15,20H,2-5,12H2,1H3,(H,13,16)(H,14,17)(H,18,19). The van der Waals surface area contributed by atoms with E-state index in [0.717, 1.165) is 0 Å². The van der Waals surface area contributed by atoms with Crippen molar-refractivity contribution < 1.29 is 24.6 Å². The maximum Gasteiger partial charge on any atom is 0.327 e. The number of amides is 2. The first-order chi connectivity index (χ1) is 9.87. The lowest BCUT2D eigenvalue weighted by Gasteiger charge is -2.21. The van der Waals surface area contributed by atoms with E-state index in [9.17, 15) is 14.4 Å². The first kappa shape index (κ1) is 20.0. The molecular formula is C11H21N3O5S2. The van der Waals surface area contributed by atoms with E-state index in [1.807, 2.05) is 6.26 Å². The average molecular weight is 339 g/mol. The van der Waals surface area contributed by atoms with Crippen molar-refractivity contribution in [3.63, 3.8) is 0 Å². The normalized spacial score (nSPS) is 14.9. The average Bonchev–Trinajstić information content (AvgIpc) is 2.46. The van der Waals surface area contributed by atoms with Crippen LogP contribution in [0.1, 0.15) is 6.42 Å². The highest BCUT2D eigenvalue weighted by atomic mass is 32.2. The van der Waals surface area contributed by atoms with Gasteiger partial charge in [0, 0.05) is 5.75 Å². The molecule has 0 bridgehead atoms. The van der Waals surface area contributed by atoms with Crippen molar-refractivity contribution in [1.29, 1.82) is 0 Å². The molecule has 0 spiro atoms. The lowest BCUT2D eigenvalue weighted by Crippen LogP contribution is -2.55. The number of carboxylic acid groups (broad SMARTS) is 1. The lowest BCUT2D eigenvalue weighted by atomic mass is 10.1. The van der Waals surface area contributed by atoms with E-state index in [4.69, 9.17) is 15.9 Å². The molecule has 0 aliphatic carbocycles. The van der Waals surface area contributed by atoms with E-state index in [0.29, 0.717) is 12.2 Å². The van der Waals surface area contributed by atoms with Gasteiger partial charge in [0.05, 0.1) is 6.61 Å². The summed E-state index contributed by atoms with van der Waals surface area (Å²) >= 11 is 5.32. The van der Waals surface area contributed by atoms with E-state index >= 15 is 0 Å². The van der Waals surface area contributed by atoms with E-state index in [1.54, 1.807) is 0 Å². The lowest BCUT2D eigenvalue weighted by molar-refractivity contribution is -0.141. The monoisotopic (exact) mass is 339 g/mol. The Hall–Kier alpha value is -0.970. The highest BCUT2D eigenvalue weighted by Gasteiger charge is 2.26. The van der Waals surface area contributed by atoms with Crippen molar-refractivity contribution in [2.45, 2.75) is 24.5 Å². The van der Waals surface area contributed by atoms with Gasteiger partial charge in [-0.1, -0.05) is 0 Å². The summed E-state index contributed by atoms with van der Waals surface area (Å²) in [4.78, 5) is 34.5. The molecule has 21 heavy (non-hydrogen) atoms. The molecule has 0 saturated heterocycles. The quantitative estimate of drug-likeness (QED) is 0.254. The van der Waals surface area contributed by atoms with Crippen LogP contribution in [0.3, 0.4) is 0 Å². The third-order valence-electron chi connectivity index (χ3n) is 2.57. The van der Waals surface area contributed by atoms with Crippen LogP contribution in [-0.4, -0.2) is 70.5 Å². The molecule has 0 rings (SSSR count). The molecule has 0 aromatic rings. The van der Waals surface area contributed by atoms with E-state index < -0.39 is 42.5 Å². The molecule has 2 amide bonds. The molecule has 8 nitrogen and oxygen atoms in total. The van der Waals surface area contributed by atoms with Crippen molar-refractivity contribution in [3.8, 4) is 0 Å². The Morgan fingerprint density at radius 1 is 1.24 bits per heavy atom. The van der Waals surface area contributed by atoms with Crippen LogP contribution in [0.5, 0.6) is 0 Å². The zero-order chi connectivity index (χ0) is 16.4. The Morgan fingerprint density at radius 2 is 1.81 bits per heavy atom. The number of nitrogens with one attached hydrogen (secondary N) is 2. The van der Waals surface area contributed by atoms with Crippen molar-refractivity contribution >= 4 is 42.2 Å². The predicted octanol–water partition coefficient (Wildman–Crippen LogP) is -1.96. The van der Waals surface area contributed by atoms with Gasteiger partial charge in [0.15, 0.2) is 0 Å². The minimum atomic E-state index is -1.21. The van der Waals surface area contributed by atoms with Crippen molar-refractivity contribution in [1.82, 2.24) is 10.6 Å². The van der Waals surface area contributed by atoms with Crippen LogP contribution in [0.2, 0.25) is 0 Å². The van der Waals surface area contributed by atoms with Gasteiger partial charge < -0.3 is 26.6 Å². The molecule has 0 heterocycles. The fourth-order valence-electron chi connectivity index (χ4n) is 1.32. The topological polar surface area (TPSA) is 142 Å². The molecule has 0 fully saturated rings. The van der Waals surface area contributed by atoms with Gasteiger partial charge in [-0.25, -0.2) is 4.79 Å². The van der Waals surface area contributed by atoms with Crippen LogP contribution in [0.4, 0.5) is 0 Å². The largest absolute Gasteiger partial charge is 0.480 e. The maximum atomic E-state index is 12.0. The molecule has 0 aliphatic rings. The maximum absolute atomic E-state index is 12.0. The minimum Gasteiger partial charge on any atom is -0.480 e. The number of thioether (sulfide) groups is 1. The Balaban J connectivity index is 4.76. The number of nitrogens with two attached hydrogens (primary N) is 1. The first-order valence-electron chi connectivity index (χ1n) is 6.17. The number of rotatable bonds is 10. The highest BCUT2D eigenvalue weighted by Crippen LogP contribution is 2.02. The summed E-state index contributed by atoms with van der Waals surface area (Å²) in [5.41, 5.74) is 5.36. The van der Waals surface area contributed by atoms with Gasteiger partial charge in [-0.3, -0.25) is 9.59 Å². The fraction of sp³-hybridized carbons (Fsp3) is 0.727. The zero-order valence-electron chi connectivity index (χ0n) is 11.6. The third-order valence-corrected chi connectivity index (χ3v) is 3.58. The molecule has 0 aromatic carbocycles. The fourth-order valence-corrected chi connectivity index (χ4v) is 2.04. The minimum absolute atomic E-state index is 0.0690. The number of aliphatic carboxylic acids is 1. The van der Waals surface area contributed by atoms with Gasteiger partial charge >= 0.3 is 5.97 Å². The van der Waals surface area contributed by atoms with Crippen molar-refractivity contribution in [3.05, 3.63) is 0 Å². The smallest absolute Gasteiger partial charge is 0.327 e. The molecule has 10 heteroatoms. The number of carbonyl (C=O) groups excluding carboxylic acids is 2. The number of aliphatic hydroxyl groups is 1. The molecular weight excluding hydrogens is 318 g/mol. The van der Waals surface area contributed by atoms with Crippen molar-refractivity contribution in [2.24, 2.45) is 5.73 Å². The second-order valence-electron chi connectivity index (χ2n) is 4.21. The predicted molar refractivity (Wildman–Crippen MR) is 83.4 cm³/mol. The van der Waals surface area contributed by atoms with Gasteiger partial charge in [0.2, 0.25) is 11.8 Å². The summed E-state index contributed by atoms with van der Waals surface area (Å²) in [6.45, 7) is -0.545. The van der Waals surface area contributed by atoms with E-state index in [1.165, 1.54) is 11.8 Å². The molecule has 122 valence electrons. The summed E-state index contributed by atoms with van der Waals surface area (Å²) < 4.78 is 0. The van der Waals surface area contributed by atoms with Crippen LogP contribution < -0.4 is 16.4 Å². The summed E-state index contributed by atoms with van der Waals surface area (Å²) in [6.07, 6.45) is 2.15. The second kappa shape index (κ2) is 10.7. The summed E-state index contributed by atoms with van der Waals surface area (Å²) in [6, 6.07) is -3.18. The summed E-state index contributed by atoms with van der Waals surface area (Å²) in [5.74, 6) is -1.98. The number of carbonyl (C=O) groups is 3. The zero-order valence-corrected chi connectivity index (χ0v) is 13.3. The highest BCUT2D eigenvalue weighted by molar-refractivity contribution is 7.98. The SMILES string of the molecule is CSCCC(NC(=O)C(N)CO)C(=O)NC(CS)C(=O)O. The third kappa shape index (κ3) is 7.55. The Labute approximate surface area is 132 Å². The van der Waals surface area contributed by atoms with Crippen LogP contribution in [0.25, 0.3) is 0 Å². The van der Waals surface area contributed by atoms with Gasteiger partial charge in [-0.15, -0.1) is 0 Å². The van der Waals surface area contributed by atoms with Crippen LogP contribution in [0, 0.1) is 0 Å². The molecule has 0 aliphatic heterocycles. The van der Waals surface area contributed by atoms with Gasteiger partial charge in [0.25, 0.3) is 0 Å². The van der Waals surface area contributed by atoms with E-state index in [2.05, 4.69) is 23.3 Å². The summed E-state index contributed by atoms with van der Waals surface area (Å²) in [7, 11) is 0. The molecule has 0 radical (unpaired) electrons. The molecule has 6 N–H and O–H groups in total. The van der Waals surface area contributed by atoms with Gasteiger partial charge in [-0.05, 0) is 18.4 Å². The number of hydrogen-bond donors (Lipinski definition) is 6. The number of thiol groups is 1. The van der Waals surface area contributed by atoms with Crippen LogP contribution in [0.15, 0.2) is 0 Å². The van der Waals surface area contributed by atoms with Gasteiger partial charge in [-0.2, -0.15) is 24.4 Å². The second-order valence-corrected chi connectivity index (χ2v) is 5.56. The van der Waals surface area contributed by atoms with Crippen molar-refractivity contribution in [2.75, 3.05) is 24.4 Å². The number of aliphatic hydroxyl groups excluding tert-OH is 1. The molecule has 0 aromatic heterocycles. The Bertz CT molecular complexity index is 370. The Kier molecular flexibility index (Phi) is 10.2. The van der Waals surface area contributed by atoms with Crippen LogP contribution >= 0.6 is 24.4 Å². The van der Waals surface area contributed by atoms with Crippen LogP contribution in [-0.2, 0) is 14.4 Å². The molecule has 3 atom stereocenters.